The molecule has 1 aliphatic heterocycles. The highest BCUT2D eigenvalue weighted by atomic mass is 16.2. The van der Waals surface area contributed by atoms with Crippen molar-refractivity contribution in [1.82, 2.24) is 10.2 Å². The van der Waals surface area contributed by atoms with Crippen LogP contribution in [0.1, 0.15) is 38.5 Å². The molecule has 0 aromatic heterocycles. The van der Waals surface area contributed by atoms with Gasteiger partial charge in [-0.15, -0.1) is 0 Å². The van der Waals surface area contributed by atoms with Crippen LogP contribution in [0.4, 0.5) is 0 Å². The highest BCUT2D eigenvalue weighted by Gasteiger charge is 2.47. The normalized spacial score (nSPS) is 26.6. The summed E-state index contributed by atoms with van der Waals surface area (Å²) in [6, 6.07) is 0.624. The van der Waals surface area contributed by atoms with Gasteiger partial charge < -0.3 is 10.2 Å². The Labute approximate surface area is 104 Å². The quantitative estimate of drug-likeness (QED) is 0.804. The molecule has 1 N–H and O–H groups in total. The van der Waals surface area contributed by atoms with Crippen molar-refractivity contribution in [1.29, 1.82) is 0 Å². The third-order valence-corrected chi connectivity index (χ3v) is 4.76. The molecule has 2 aliphatic carbocycles. The molecule has 3 aliphatic rings. The summed E-state index contributed by atoms with van der Waals surface area (Å²) < 4.78 is 0. The fraction of sp³-hybridized carbons (Fsp3) is 0.929. The number of hydrogen-bond donors (Lipinski definition) is 1. The van der Waals surface area contributed by atoms with E-state index in [-0.39, 0.29) is 0 Å². The predicted octanol–water partition coefficient (Wildman–Crippen LogP) is 1.63. The van der Waals surface area contributed by atoms with Gasteiger partial charge in [0.05, 0.1) is 0 Å². The molecule has 0 aromatic carbocycles. The van der Waals surface area contributed by atoms with E-state index in [1.54, 1.807) is 0 Å². The minimum absolute atomic E-state index is 0.404. The van der Waals surface area contributed by atoms with Crippen molar-refractivity contribution in [2.75, 3.05) is 20.1 Å². The molecule has 3 nitrogen and oxygen atoms in total. The van der Waals surface area contributed by atoms with Gasteiger partial charge in [0.1, 0.15) is 0 Å². The first-order valence-corrected chi connectivity index (χ1v) is 7.25. The second-order valence-electron chi connectivity index (χ2n) is 6.09. The molecule has 0 spiro atoms. The van der Waals surface area contributed by atoms with E-state index in [2.05, 4.69) is 10.2 Å². The molecule has 1 saturated heterocycles. The molecule has 96 valence electrons. The second kappa shape index (κ2) is 4.60. The van der Waals surface area contributed by atoms with Crippen LogP contribution in [0, 0.1) is 17.8 Å². The predicted molar refractivity (Wildman–Crippen MR) is 67.6 cm³/mol. The maximum atomic E-state index is 12.6. The largest absolute Gasteiger partial charge is 0.342 e. The SMILES string of the molecule is CNC1CCN(C(=O)C(C2CC2)C2CC2)CC1. The van der Waals surface area contributed by atoms with Gasteiger partial charge in [0.15, 0.2) is 0 Å². The summed E-state index contributed by atoms with van der Waals surface area (Å²) in [4.78, 5) is 14.7. The zero-order valence-electron chi connectivity index (χ0n) is 10.8. The molecular formula is C14H24N2O. The van der Waals surface area contributed by atoms with Crippen LogP contribution in [0.15, 0.2) is 0 Å². The van der Waals surface area contributed by atoms with E-state index in [4.69, 9.17) is 0 Å². The highest BCUT2D eigenvalue weighted by molar-refractivity contribution is 5.80. The van der Waals surface area contributed by atoms with Crippen LogP contribution in [0.5, 0.6) is 0 Å². The maximum absolute atomic E-state index is 12.6. The second-order valence-corrected chi connectivity index (χ2v) is 6.09. The van der Waals surface area contributed by atoms with Gasteiger partial charge in [0.25, 0.3) is 0 Å². The zero-order chi connectivity index (χ0) is 11.8. The van der Waals surface area contributed by atoms with Crippen LogP contribution in [-0.2, 0) is 4.79 Å². The van der Waals surface area contributed by atoms with E-state index >= 15 is 0 Å². The van der Waals surface area contributed by atoms with Gasteiger partial charge in [-0.1, -0.05) is 0 Å². The lowest BCUT2D eigenvalue weighted by molar-refractivity contribution is -0.138. The van der Waals surface area contributed by atoms with Gasteiger partial charge >= 0.3 is 0 Å². The summed E-state index contributed by atoms with van der Waals surface area (Å²) in [7, 11) is 2.03. The van der Waals surface area contributed by atoms with Crippen molar-refractivity contribution in [2.45, 2.75) is 44.6 Å². The lowest BCUT2D eigenvalue weighted by Gasteiger charge is -2.34. The number of nitrogens with zero attached hydrogens (tertiary/aromatic N) is 1. The fourth-order valence-electron chi connectivity index (χ4n) is 3.30. The number of amides is 1. The van der Waals surface area contributed by atoms with Crippen molar-refractivity contribution in [3.63, 3.8) is 0 Å². The van der Waals surface area contributed by atoms with Crippen LogP contribution in [-0.4, -0.2) is 37.0 Å². The lowest BCUT2D eigenvalue weighted by atomic mass is 9.94. The first-order valence-electron chi connectivity index (χ1n) is 7.25. The number of piperidine rings is 1. The number of nitrogens with one attached hydrogen (secondary N) is 1. The summed E-state index contributed by atoms with van der Waals surface area (Å²) >= 11 is 0. The maximum Gasteiger partial charge on any atom is 0.226 e. The molecule has 3 fully saturated rings. The molecule has 3 heteroatoms. The van der Waals surface area contributed by atoms with Gasteiger partial charge in [-0.2, -0.15) is 0 Å². The molecule has 0 aromatic rings. The highest BCUT2D eigenvalue weighted by Crippen LogP contribution is 2.50. The van der Waals surface area contributed by atoms with Gasteiger partial charge in [-0.05, 0) is 57.4 Å². The van der Waals surface area contributed by atoms with Crippen LogP contribution >= 0.6 is 0 Å². The summed E-state index contributed by atoms with van der Waals surface area (Å²) in [6.45, 7) is 1.94. The Morgan fingerprint density at radius 1 is 1.06 bits per heavy atom. The van der Waals surface area contributed by atoms with Crippen LogP contribution in [0.25, 0.3) is 0 Å². The monoisotopic (exact) mass is 236 g/mol. The number of carbonyl (C=O) groups is 1. The van der Waals surface area contributed by atoms with E-state index in [1.165, 1.54) is 25.7 Å². The van der Waals surface area contributed by atoms with Crippen molar-refractivity contribution < 1.29 is 4.79 Å². The smallest absolute Gasteiger partial charge is 0.226 e. The van der Waals surface area contributed by atoms with E-state index in [0.29, 0.717) is 17.9 Å². The standard InChI is InChI=1S/C14H24N2O/c1-15-12-6-8-16(9-7-12)14(17)13(10-2-3-10)11-4-5-11/h10-13,15H,2-9H2,1H3. The molecule has 1 heterocycles. The molecule has 17 heavy (non-hydrogen) atoms. The third kappa shape index (κ3) is 2.49. The first kappa shape index (κ1) is 11.5. The fourth-order valence-corrected chi connectivity index (χ4v) is 3.30. The van der Waals surface area contributed by atoms with E-state index < -0.39 is 0 Å². The van der Waals surface area contributed by atoms with E-state index in [9.17, 15) is 4.79 Å². The summed E-state index contributed by atoms with van der Waals surface area (Å²) in [5.41, 5.74) is 0. The van der Waals surface area contributed by atoms with E-state index in [0.717, 1.165) is 37.8 Å². The Morgan fingerprint density at radius 3 is 2.00 bits per heavy atom. The zero-order valence-corrected chi connectivity index (χ0v) is 10.8. The minimum atomic E-state index is 0.404. The number of carbonyl (C=O) groups excluding carboxylic acids is 1. The molecule has 0 atom stereocenters. The molecule has 0 radical (unpaired) electrons. The summed E-state index contributed by atoms with van der Waals surface area (Å²) in [5.74, 6) is 2.39. The van der Waals surface area contributed by atoms with Crippen molar-refractivity contribution in [3.05, 3.63) is 0 Å². The van der Waals surface area contributed by atoms with Gasteiger partial charge in [0.2, 0.25) is 5.91 Å². The van der Waals surface area contributed by atoms with Crippen molar-refractivity contribution >= 4 is 5.91 Å². The Morgan fingerprint density at radius 2 is 1.59 bits per heavy atom. The Hall–Kier alpha value is -0.570. The van der Waals surface area contributed by atoms with Crippen molar-refractivity contribution in [2.24, 2.45) is 17.8 Å². The average molecular weight is 236 g/mol. The van der Waals surface area contributed by atoms with E-state index in [1.807, 2.05) is 7.05 Å². The number of rotatable bonds is 4. The van der Waals surface area contributed by atoms with Crippen LogP contribution in [0.2, 0.25) is 0 Å². The first-order chi connectivity index (χ1) is 8.29. The summed E-state index contributed by atoms with van der Waals surface area (Å²) in [6.07, 6.45) is 7.48. The van der Waals surface area contributed by atoms with Gasteiger partial charge in [-0.3, -0.25) is 4.79 Å². The summed E-state index contributed by atoms with van der Waals surface area (Å²) in [5, 5.41) is 3.32. The molecule has 2 saturated carbocycles. The minimum Gasteiger partial charge on any atom is -0.342 e. The Balaban J connectivity index is 1.57. The molecule has 3 rings (SSSR count). The molecule has 1 amide bonds. The number of hydrogen-bond acceptors (Lipinski definition) is 2. The van der Waals surface area contributed by atoms with Crippen LogP contribution in [0.3, 0.4) is 0 Å². The number of likely N-dealkylation sites (tertiary alicyclic amines) is 1. The van der Waals surface area contributed by atoms with Crippen molar-refractivity contribution in [3.8, 4) is 0 Å². The van der Waals surface area contributed by atoms with Gasteiger partial charge in [0, 0.05) is 25.0 Å². The Bertz CT molecular complexity index is 277. The topological polar surface area (TPSA) is 32.3 Å². The molecule has 0 unspecified atom stereocenters. The average Bonchev–Trinajstić information content (AvgIpc) is 3.23. The van der Waals surface area contributed by atoms with Crippen LogP contribution < -0.4 is 5.32 Å². The third-order valence-electron chi connectivity index (χ3n) is 4.76. The van der Waals surface area contributed by atoms with Gasteiger partial charge in [-0.25, -0.2) is 0 Å². The Kier molecular flexibility index (Phi) is 3.12. The molecule has 0 bridgehead atoms. The molecular weight excluding hydrogens is 212 g/mol. The lowest BCUT2D eigenvalue weighted by Crippen LogP contribution is -2.46.